The molecule has 0 aliphatic carbocycles. The Morgan fingerprint density at radius 1 is 1.45 bits per heavy atom. The molecule has 1 amide bonds. The van der Waals surface area contributed by atoms with E-state index in [1.54, 1.807) is 6.07 Å². The zero-order valence-electron chi connectivity index (χ0n) is 12.3. The molecule has 4 nitrogen and oxygen atoms in total. The monoisotopic (exact) mass is 282 g/mol. The van der Waals surface area contributed by atoms with E-state index in [4.69, 9.17) is 0 Å². The van der Waals surface area contributed by atoms with Gasteiger partial charge < -0.3 is 15.3 Å². The van der Waals surface area contributed by atoms with Gasteiger partial charge in [0.05, 0.1) is 12.5 Å². The molecule has 0 fully saturated rings. The third-order valence-electron chi connectivity index (χ3n) is 3.28. The molecule has 1 atom stereocenters. The second-order valence-electron chi connectivity index (χ2n) is 5.20. The van der Waals surface area contributed by atoms with Gasteiger partial charge in [0.1, 0.15) is 5.82 Å². The van der Waals surface area contributed by atoms with Crippen LogP contribution in [0.5, 0.6) is 0 Å². The first-order valence-electron chi connectivity index (χ1n) is 6.80. The molecule has 0 aliphatic rings. The molecule has 2 N–H and O–H groups in total. The predicted molar refractivity (Wildman–Crippen MR) is 76.8 cm³/mol. The number of rotatable bonds is 7. The van der Waals surface area contributed by atoms with Crippen molar-refractivity contribution in [3.63, 3.8) is 0 Å². The predicted octanol–water partition coefficient (Wildman–Crippen LogP) is 1.71. The van der Waals surface area contributed by atoms with E-state index >= 15 is 0 Å². The van der Waals surface area contributed by atoms with Crippen molar-refractivity contribution in [2.24, 2.45) is 0 Å². The van der Waals surface area contributed by atoms with Gasteiger partial charge in [-0.3, -0.25) is 4.79 Å². The number of halogens is 1. The second-order valence-corrected chi connectivity index (χ2v) is 5.20. The van der Waals surface area contributed by atoms with Gasteiger partial charge in [-0.05, 0) is 38.6 Å². The quantitative estimate of drug-likeness (QED) is 0.800. The van der Waals surface area contributed by atoms with Crippen LogP contribution < -0.4 is 5.32 Å². The number of carbonyl (C=O) groups excluding carboxylic acids is 1. The van der Waals surface area contributed by atoms with Crippen molar-refractivity contribution in [3.05, 3.63) is 35.6 Å². The normalized spacial score (nSPS) is 12.8. The molecule has 1 rings (SSSR count). The first-order chi connectivity index (χ1) is 9.40. The van der Waals surface area contributed by atoms with Crippen molar-refractivity contribution in [2.75, 3.05) is 20.1 Å². The van der Waals surface area contributed by atoms with E-state index in [9.17, 15) is 14.3 Å². The summed E-state index contributed by atoms with van der Waals surface area (Å²) in [5.74, 6) is -0.653. The van der Waals surface area contributed by atoms with Crippen LogP contribution in [0.1, 0.15) is 31.9 Å². The minimum Gasteiger partial charge on any atom is -0.388 e. The molecule has 1 aromatic carbocycles. The van der Waals surface area contributed by atoms with Crippen molar-refractivity contribution in [2.45, 2.75) is 32.4 Å². The van der Waals surface area contributed by atoms with Crippen LogP contribution in [0.15, 0.2) is 24.3 Å². The van der Waals surface area contributed by atoms with Crippen molar-refractivity contribution in [3.8, 4) is 0 Å². The average Bonchev–Trinajstić information content (AvgIpc) is 2.38. The molecule has 0 aromatic heterocycles. The molecule has 0 aliphatic heterocycles. The van der Waals surface area contributed by atoms with Crippen LogP contribution in [-0.2, 0) is 4.79 Å². The van der Waals surface area contributed by atoms with Crippen LogP contribution in [0.25, 0.3) is 0 Å². The Kier molecular flexibility index (Phi) is 6.61. The molecule has 5 heteroatoms. The van der Waals surface area contributed by atoms with Crippen molar-refractivity contribution in [1.82, 2.24) is 10.2 Å². The van der Waals surface area contributed by atoms with Crippen molar-refractivity contribution < 1.29 is 14.3 Å². The lowest BCUT2D eigenvalue weighted by atomic mass is 10.1. The van der Waals surface area contributed by atoms with Gasteiger partial charge in [-0.15, -0.1) is 0 Å². The van der Waals surface area contributed by atoms with Crippen LogP contribution in [0.4, 0.5) is 4.39 Å². The number of likely N-dealkylation sites (N-methyl/N-ethyl adjacent to an activating group) is 1. The summed E-state index contributed by atoms with van der Waals surface area (Å²) in [7, 11) is 1.98. The lowest BCUT2D eigenvalue weighted by molar-refractivity contribution is -0.123. The van der Waals surface area contributed by atoms with E-state index in [1.807, 2.05) is 7.05 Å². The minimum atomic E-state index is -0.978. The summed E-state index contributed by atoms with van der Waals surface area (Å²) in [4.78, 5) is 13.8. The van der Waals surface area contributed by atoms with E-state index in [2.05, 4.69) is 24.1 Å². The number of amides is 1. The lowest BCUT2D eigenvalue weighted by Gasteiger charge is -2.21. The highest BCUT2D eigenvalue weighted by molar-refractivity contribution is 5.76. The zero-order chi connectivity index (χ0) is 15.1. The van der Waals surface area contributed by atoms with Gasteiger partial charge in [0.25, 0.3) is 0 Å². The molecule has 20 heavy (non-hydrogen) atoms. The van der Waals surface area contributed by atoms with Crippen LogP contribution in [-0.4, -0.2) is 42.1 Å². The first-order valence-corrected chi connectivity index (χ1v) is 6.80. The average molecular weight is 282 g/mol. The van der Waals surface area contributed by atoms with E-state index in [1.165, 1.54) is 18.2 Å². The van der Waals surface area contributed by atoms with Crippen molar-refractivity contribution >= 4 is 5.91 Å². The number of hydrogen-bond acceptors (Lipinski definition) is 3. The molecule has 1 aromatic rings. The molecule has 0 radical (unpaired) electrons. The first kappa shape index (κ1) is 16.6. The maximum atomic E-state index is 13.0. The summed E-state index contributed by atoms with van der Waals surface area (Å²) in [6, 6.07) is 6.09. The molecule has 1 unspecified atom stereocenters. The van der Waals surface area contributed by atoms with Gasteiger partial charge in [-0.2, -0.15) is 0 Å². The molecule has 0 bridgehead atoms. The standard InChI is InChI=1S/C15H23FN2O2/c1-11(2)18(3)8-7-17-15(20)10-14(19)12-5-4-6-13(16)9-12/h4-6,9,11,14,19H,7-8,10H2,1-3H3,(H,17,20). The lowest BCUT2D eigenvalue weighted by Crippen LogP contribution is -2.36. The Morgan fingerprint density at radius 3 is 2.75 bits per heavy atom. The van der Waals surface area contributed by atoms with E-state index < -0.39 is 11.9 Å². The van der Waals surface area contributed by atoms with E-state index in [0.717, 1.165) is 6.54 Å². The number of nitrogens with one attached hydrogen (secondary N) is 1. The van der Waals surface area contributed by atoms with Gasteiger partial charge in [-0.25, -0.2) is 4.39 Å². The SMILES string of the molecule is CC(C)N(C)CCNC(=O)CC(O)c1cccc(F)c1. The highest BCUT2D eigenvalue weighted by Gasteiger charge is 2.13. The van der Waals surface area contributed by atoms with Gasteiger partial charge in [-0.1, -0.05) is 12.1 Å². The van der Waals surface area contributed by atoms with Crippen LogP contribution in [0.2, 0.25) is 0 Å². The summed E-state index contributed by atoms with van der Waals surface area (Å²) in [6.45, 7) is 5.44. The molecule has 0 saturated carbocycles. The maximum absolute atomic E-state index is 13.0. The fraction of sp³-hybridized carbons (Fsp3) is 0.533. The molecular formula is C15H23FN2O2. The summed E-state index contributed by atoms with van der Waals surface area (Å²) in [5, 5.41) is 12.6. The maximum Gasteiger partial charge on any atom is 0.223 e. The Hall–Kier alpha value is -1.46. The number of hydrogen-bond donors (Lipinski definition) is 2. The summed E-state index contributed by atoms with van der Waals surface area (Å²) in [5.41, 5.74) is 0.416. The molecule has 112 valence electrons. The Balaban J connectivity index is 2.35. The summed E-state index contributed by atoms with van der Waals surface area (Å²) < 4.78 is 13.0. The number of aliphatic hydroxyl groups excluding tert-OH is 1. The van der Waals surface area contributed by atoms with Gasteiger partial charge in [0, 0.05) is 19.1 Å². The topological polar surface area (TPSA) is 52.6 Å². The number of nitrogens with zero attached hydrogens (tertiary/aromatic N) is 1. The fourth-order valence-electron chi connectivity index (χ4n) is 1.71. The van der Waals surface area contributed by atoms with Crippen LogP contribution in [0, 0.1) is 5.82 Å². The smallest absolute Gasteiger partial charge is 0.223 e. The van der Waals surface area contributed by atoms with Gasteiger partial charge in [0.15, 0.2) is 0 Å². The van der Waals surface area contributed by atoms with E-state index in [0.29, 0.717) is 18.2 Å². The zero-order valence-corrected chi connectivity index (χ0v) is 12.3. The molecule has 0 heterocycles. The Bertz CT molecular complexity index is 438. The Labute approximate surface area is 119 Å². The van der Waals surface area contributed by atoms with Crippen LogP contribution in [0.3, 0.4) is 0 Å². The summed E-state index contributed by atoms with van der Waals surface area (Å²) >= 11 is 0. The highest BCUT2D eigenvalue weighted by Crippen LogP contribution is 2.17. The van der Waals surface area contributed by atoms with Crippen molar-refractivity contribution in [1.29, 1.82) is 0 Å². The van der Waals surface area contributed by atoms with Crippen LogP contribution >= 0.6 is 0 Å². The molecular weight excluding hydrogens is 259 g/mol. The highest BCUT2D eigenvalue weighted by atomic mass is 19.1. The number of carbonyl (C=O) groups is 1. The Morgan fingerprint density at radius 2 is 2.15 bits per heavy atom. The molecule has 0 spiro atoms. The largest absolute Gasteiger partial charge is 0.388 e. The minimum absolute atomic E-state index is 0.0607. The summed E-state index contributed by atoms with van der Waals surface area (Å²) in [6.07, 6.45) is -1.04. The van der Waals surface area contributed by atoms with E-state index in [-0.39, 0.29) is 12.3 Å². The number of benzene rings is 1. The second kappa shape index (κ2) is 7.97. The third-order valence-corrected chi connectivity index (χ3v) is 3.28. The molecule has 0 saturated heterocycles. The van der Waals surface area contributed by atoms with Gasteiger partial charge in [0.2, 0.25) is 5.91 Å². The fourth-order valence-corrected chi connectivity index (χ4v) is 1.71. The number of aliphatic hydroxyl groups is 1. The third kappa shape index (κ3) is 5.67. The van der Waals surface area contributed by atoms with Gasteiger partial charge >= 0.3 is 0 Å².